The molecule has 0 radical (unpaired) electrons. The Morgan fingerprint density at radius 2 is 1.41 bits per heavy atom. The topological polar surface area (TPSA) is 50.4 Å². The molecule has 2 aliphatic rings. The summed E-state index contributed by atoms with van der Waals surface area (Å²) in [6.45, 7) is 5.63. The summed E-state index contributed by atoms with van der Waals surface area (Å²) in [5.41, 5.74) is -0.386. The van der Waals surface area contributed by atoms with Crippen LogP contribution in [0, 0.1) is 0 Å². The third kappa shape index (κ3) is 11.9. The fourth-order valence-corrected chi connectivity index (χ4v) is 2.76. The zero-order chi connectivity index (χ0) is 15.0. The van der Waals surface area contributed by atoms with Gasteiger partial charge in [0.15, 0.2) is 17.4 Å². The van der Waals surface area contributed by atoms with E-state index in [4.69, 9.17) is 4.74 Å². The van der Waals surface area contributed by atoms with Crippen molar-refractivity contribution in [3.8, 4) is 0 Å². The minimum atomic E-state index is -0.386. The van der Waals surface area contributed by atoms with Gasteiger partial charge < -0.3 is 16.8 Å². The second-order valence-corrected chi connectivity index (χ2v) is 6.90. The molecular formula is C16H36AlLiN2O2. The zero-order valence-electron chi connectivity index (χ0n) is 15.6. The Balaban J connectivity index is -0.000000347. The number of hydrogen-bond donors (Lipinski definition) is 2. The van der Waals surface area contributed by atoms with Crippen molar-refractivity contribution in [1.29, 1.82) is 0 Å². The predicted molar refractivity (Wildman–Crippen MR) is 94.0 cm³/mol. The van der Waals surface area contributed by atoms with Crippen LogP contribution in [0.15, 0.2) is 0 Å². The quantitative estimate of drug-likeness (QED) is 0.676. The molecule has 22 heavy (non-hydrogen) atoms. The molecule has 0 atom stereocenters. The van der Waals surface area contributed by atoms with E-state index in [1.165, 1.54) is 38.5 Å². The Morgan fingerprint density at radius 3 is 1.73 bits per heavy atom. The van der Waals surface area contributed by atoms with Gasteiger partial charge in [0.05, 0.1) is 0 Å². The van der Waals surface area contributed by atoms with E-state index >= 15 is 0 Å². The van der Waals surface area contributed by atoms with E-state index in [0.29, 0.717) is 6.04 Å². The van der Waals surface area contributed by atoms with Gasteiger partial charge in [-0.05, 0) is 53.5 Å². The maximum absolute atomic E-state index is 11.3. The van der Waals surface area contributed by atoms with Crippen LogP contribution in [0.4, 0.5) is 4.79 Å². The molecule has 4 nitrogen and oxygen atoms in total. The van der Waals surface area contributed by atoms with Crippen molar-refractivity contribution in [3.05, 3.63) is 0 Å². The molecule has 6 heteroatoms. The minimum absolute atomic E-state index is 0. The molecule has 2 rings (SSSR count). The van der Waals surface area contributed by atoms with E-state index in [1.807, 2.05) is 20.8 Å². The summed E-state index contributed by atoms with van der Waals surface area (Å²) >= 11 is 0. The molecule has 0 aliphatic heterocycles. The maximum Gasteiger partial charge on any atom is 1.00 e. The van der Waals surface area contributed by atoms with Crippen LogP contribution in [0.3, 0.4) is 0 Å². The smallest absolute Gasteiger partial charge is 1.00 e. The van der Waals surface area contributed by atoms with Crippen LogP contribution >= 0.6 is 0 Å². The SMILES string of the molecule is CC(C)(C)OC(=O)NC1CCCC1.CNC1CCCC1.[AlH3].[H-].[Li+]. The van der Waals surface area contributed by atoms with E-state index in [-0.39, 0.29) is 49.3 Å². The van der Waals surface area contributed by atoms with Gasteiger partial charge in [0, 0.05) is 12.1 Å². The Hall–Kier alpha value is 0.360. The summed E-state index contributed by atoms with van der Waals surface area (Å²) in [5.74, 6) is 0. The Morgan fingerprint density at radius 1 is 1.00 bits per heavy atom. The second kappa shape index (κ2) is 12.7. The standard InChI is InChI=1S/C10H19NO2.C6H13N.Al.Li.4H/c1-10(2,3)13-9(12)11-8-6-4-5-7-8;1-7-6-4-2-3-5-6;;;;;;/h8H,4-7H2,1-3H3,(H,11,12);6-7H,2-5H2,1H3;;;;;;/q;;;+1;;;;-1. The number of carbonyl (C=O) groups is 1. The van der Waals surface area contributed by atoms with Gasteiger partial charge in [-0.2, -0.15) is 0 Å². The molecule has 1 amide bonds. The molecular weight excluding hydrogens is 286 g/mol. The molecule has 0 heterocycles. The van der Waals surface area contributed by atoms with Crippen molar-refractivity contribution in [2.24, 2.45) is 0 Å². The zero-order valence-corrected chi connectivity index (χ0v) is 14.6. The summed E-state index contributed by atoms with van der Waals surface area (Å²) in [6, 6.07) is 1.19. The number of rotatable bonds is 2. The predicted octanol–water partition coefficient (Wildman–Crippen LogP) is -0.465. The Kier molecular flexibility index (Phi) is 14.3. The van der Waals surface area contributed by atoms with E-state index in [0.717, 1.165) is 18.9 Å². The number of nitrogens with one attached hydrogen (secondary N) is 2. The minimum Gasteiger partial charge on any atom is -1.00 e. The molecule has 2 fully saturated rings. The summed E-state index contributed by atoms with van der Waals surface area (Å²) in [7, 11) is 2.05. The van der Waals surface area contributed by atoms with Gasteiger partial charge in [-0.15, -0.1) is 0 Å². The van der Waals surface area contributed by atoms with Crippen LogP contribution < -0.4 is 29.5 Å². The van der Waals surface area contributed by atoms with Crippen molar-refractivity contribution in [3.63, 3.8) is 0 Å². The van der Waals surface area contributed by atoms with Gasteiger partial charge in [0.2, 0.25) is 0 Å². The monoisotopic (exact) mass is 322 g/mol. The summed E-state index contributed by atoms with van der Waals surface area (Å²) in [5, 5.41) is 6.14. The summed E-state index contributed by atoms with van der Waals surface area (Å²) < 4.78 is 5.15. The van der Waals surface area contributed by atoms with Crippen LogP contribution in [-0.2, 0) is 4.74 Å². The average molecular weight is 322 g/mol. The van der Waals surface area contributed by atoms with E-state index in [2.05, 4.69) is 17.7 Å². The van der Waals surface area contributed by atoms with Crippen LogP contribution in [0.25, 0.3) is 0 Å². The number of alkyl carbamates (subject to hydrolysis) is 1. The maximum atomic E-state index is 11.3. The number of ether oxygens (including phenoxy) is 1. The molecule has 2 N–H and O–H groups in total. The average Bonchev–Trinajstić information content (AvgIpc) is 2.98. The number of amides is 1. The van der Waals surface area contributed by atoms with Crippen molar-refractivity contribution in [2.45, 2.75) is 89.8 Å². The van der Waals surface area contributed by atoms with Gasteiger partial charge in [-0.25, -0.2) is 4.79 Å². The number of hydrogen-bond acceptors (Lipinski definition) is 3. The van der Waals surface area contributed by atoms with Crippen molar-refractivity contribution in [1.82, 2.24) is 10.6 Å². The third-order valence-corrected chi connectivity index (χ3v) is 3.84. The molecule has 0 aromatic heterocycles. The molecule has 0 saturated heterocycles. The molecule has 126 valence electrons. The van der Waals surface area contributed by atoms with E-state index in [9.17, 15) is 4.79 Å². The van der Waals surface area contributed by atoms with Crippen LogP contribution in [0.2, 0.25) is 0 Å². The largest absolute Gasteiger partial charge is 1.00 e. The third-order valence-electron chi connectivity index (χ3n) is 3.84. The molecule has 0 aromatic carbocycles. The van der Waals surface area contributed by atoms with Gasteiger partial charge in [-0.3, -0.25) is 0 Å². The van der Waals surface area contributed by atoms with Gasteiger partial charge in [-0.1, -0.05) is 25.7 Å². The van der Waals surface area contributed by atoms with Crippen molar-refractivity contribution < 1.29 is 29.8 Å². The molecule has 2 aliphatic carbocycles. The summed E-state index contributed by atoms with van der Waals surface area (Å²) in [6.07, 6.45) is 10.0. The first-order valence-electron chi connectivity index (χ1n) is 8.07. The molecule has 0 aromatic rings. The number of carbonyl (C=O) groups excluding carboxylic acids is 1. The summed E-state index contributed by atoms with van der Waals surface area (Å²) in [4.78, 5) is 11.3. The van der Waals surface area contributed by atoms with Gasteiger partial charge in [0.25, 0.3) is 0 Å². The van der Waals surface area contributed by atoms with Gasteiger partial charge >= 0.3 is 25.0 Å². The van der Waals surface area contributed by atoms with Crippen molar-refractivity contribution >= 4 is 23.5 Å². The van der Waals surface area contributed by atoms with Crippen LogP contribution in [-0.4, -0.2) is 48.2 Å². The second-order valence-electron chi connectivity index (χ2n) is 6.90. The van der Waals surface area contributed by atoms with E-state index in [1.54, 1.807) is 0 Å². The van der Waals surface area contributed by atoms with Crippen LogP contribution in [0.5, 0.6) is 0 Å². The molecule has 0 bridgehead atoms. The first-order valence-corrected chi connectivity index (χ1v) is 8.07. The molecule has 0 unspecified atom stereocenters. The van der Waals surface area contributed by atoms with E-state index < -0.39 is 0 Å². The fraction of sp³-hybridized carbons (Fsp3) is 0.938. The van der Waals surface area contributed by atoms with Gasteiger partial charge in [0.1, 0.15) is 5.60 Å². The Labute approximate surface area is 160 Å². The van der Waals surface area contributed by atoms with Crippen molar-refractivity contribution in [2.75, 3.05) is 7.05 Å². The normalized spacial score (nSPS) is 18.5. The fourth-order valence-electron chi connectivity index (χ4n) is 2.76. The molecule has 0 spiro atoms. The first-order chi connectivity index (χ1) is 9.40. The first kappa shape index (κ1) is 24.6. The van der Waals surface area contributed by atoms with Crippen LogP contribution in [0.1, 0.15) is 73.6 Å². The Bertz CT molecular complexity index is 292. The molecule has 2 saturated carbocycles.